The van der Waals surface area contributed by atoms with Crippen LogP contribution in [-0.2, 0) is 9.47 Å². The maximum atomic E-state index is 5.86. The van der Waals surface area contributed by atoms with Crippen LogP contribution in [0.3, 0.4) is 0 Å². The number of hydrogen-bond donors (Lipinski definition) is 2. The van der Waals surface area contributed by atoms with Crippen LogP contribution < -0.4 is 11.1 Å². The molecule has 0 fully saturated rings. The van der Waals surface area contributed by atoms with Gasteiger partial charge < -0.3 is 25.4 Å². The molecule has 0 aliphatic heterocycles. The standard InChI is InChI=1S/C13H31N3O2/c1-6-16(7-2)9-8-15-13(3,11-14)10-12(17-4)18-5/h12,15H,6-11,14H2,1-5H3. The Bertz CT molecular complexity index is 197. The predicted molar refractivity (Wildman–Crippen MR) is 75.7 cm³/mol. The molecule has 0 aliphatic carbocycles. The molecule has 5 nitrogen and oxygen atoms in total. The van der Waals surface area contributed by atoms with Crippen LogP contribution in [0.4, 0.5) is 0 Å². The number of hydrogen-bond acceptors (Lipinski definition) is 5. The Balaban J connectivity index is 4.13. The molecule has 0 heterocycles. The molecule has 0 aromatic rings. The minimum Gasteiger partial charge on any atom is -0.356 e. The summed E-state index contributed by atoms with van der Waals surface area (Å²) in [6, 6.07) is 0. The van der Waals surface area contributed by atoms with Gasteiger partial charge in [-0.25, -0.2) is 0 Å². The first-order valence-corrected chi connectivity index (χ1v) is 6.78. The molecule has 0 saturated carbocycles. The normalized spacial score (nSPS) is 15.3. The smallest absolute Gasteiger partial charge is 0.158 e. The Morgan fingerprint density at radius 1 is 1.22 bits per heavy atom. The number of ether oxygens (including phenoxy) is 2. The molecule has 0 saturated heterocycles. The quantitative estimate of drug-likeness (QED) is 0.535. The molecule has 3 N–H and O–H groups in total. The minimum absolute atomic E-state index is 0.149. The summed E-state index contributed by atoms with van der Waals surface area (Å²) in [6.45, 7) is 11.2. The number of rotatable bonds is 11. The first-order valence-electron chi connectivity index (χ1n) is 6.78. The molecular weight excluding hydrogens is 230 g/mol. The van der Waals surface area contributed by atoms with E-state index in [4.69, 9.17) is 15.2 Å². The van der Waals surface area contributed by atoms with Crippen LogP contribution in [-0.4, -0.2) is 63.7 Å². The van der Waals surface area contributed by atoms with E-state index < -0.39 is 0 Å². The van der Waals surface area contributed by atoms with E-state index in [1.807, 2.05) is 0 Å². The van der Waals surface area contributed by atoms with Crippen LogP contribution in [0, 0.1) is 0 Å². The van der Waals surface area contributed by atoms with Crippen LogP contribution in [0.15, 0.2) is 0 Å². The van der Waals surface area contributed by atoms with Gasteiger partial charge in [0.05, 0.1) is 0 Å². The molecule has 0 radical (unpaired) electrons. The van der Waals surface area contributed by atoms with Gasteiger partial charge in [-0.3, -0.25) is 0 Å². The second-order valence-corrected chi connectivity index (χ2v) is 4.82. The number of nitrogens with zero attached hydrogens (tertiary/aromatic N) is 1. The topological polar surface area (TPSA) is 59.8 Å². The average molecular weight is 261 g/mol. The van der Waals surface area contributed by atoms with Gasteiger partial charge in [0.25, 0.3) is 0 Å². The van der Waals surface area contributed by atoms with Crippen molar-refractivity contribution in [3.05, 3.63) is 0 Å². The average Bonchev–Trinajstić information content (AvgIpc) is 2.41. The number of nitrogens with one attached hydrogen (secondary N) is 1. The Labute approximate surface area is 112 Å². The molecule has 0 aliphatic rings. The lowest BCUT2D eigenvalue weighted by Crippen LogP contribution is -2.53. The van der Waals surface area contributed by atoms with Gasteiger partial charge in [-0.05, 0) is 20.0 Å². The fraction of sp³-hybridized carbons (Fsp3) is 1.00. The third-order valence-corrected chi connectivity index (χ3v) is 3.47. The van der Waals surface area contributed by atoms with Gasteiger partial charge in [0.2, 0.25) is 0 Å². The van der Waals surface area contributed by atoms with Crippen LogP contribution in [0.25, 0.3) is 0 Å². The highest BCUT2D eigenvalue weighted by atomic mass is 16.7. The zero-order chi connectivity index (χ0) is 14.0. The van der Waals surface area contributed by atoms with Crippen molar-refractivity contribution in [3.8, 4) is 0 Å². The van der Waals surface area contributed by atoms with Crippen molar-refractivity contribution in [2.45, 2.75) is 39.0 Å². The van der Waals surface area contributed by atoms with E-state index in [9.17, 15) is 0 Å². The molecule has 0 aromatic heterocycles. The van der Waals surface area contributed by atoms with Crippen molar-refractivity contribution < 1.29 is 9.47 Å². The minimum atomic E-state index is -0.209. The molecule has 0 spiro atoms. The van der Waals surface area contributed by atoms with Gasteiger partial charge >= 0.3 is 0 Å². The van der Waals surface area contributed by atoms with Gasteiger partial charge in [-0.15, -0.1) is 0 Å². The molecule has 5 heteroatoms. The largest absolute Gasteiger partial charge is 0.356 e. The van der Waals surface area contributed by atoms with E-state index in [1.165, 1.54) is 0 Å². The summed E-state index contributed by atoms with van der Waals surface area (Å²) in [5.41, 5.74) is 5.71. The first kappa shape index (κ1) is 17.8. The van der Waals surface area contributed by atoms with Crippen LogP contribution in [0.5, 0.6) is 0 Å². The Morgan fingerprint density at radius 2 is 1.78 bits per heavy atom. The SMILES string of the molecule is CCN(CC)CCNC(C)(CN)CC(OC)OC. The van der Waals surface area contributed by atoms with Crippen molar-refractivity contribution in [1.29, 1.82) is 0 Å². The maximum absolute atomic E-state index is 5.86. The van der Waals surface area contributed by atoms with E-state index in [-0.39, 0.29) is 11.8 Å². The monoisotopic (exact) mass is 261 g/mol. The molecule has 0 amide bonds. The molecule has 18 heavy (non-hydrogen) atoms. The van der Waals surface area contributed by atoms with E-state index in [0.717, 1.165) is 32.6 Å². The molecule has 0 bridgehead atoms. The fourth-order valence-corrected chi connectivity index (χ4v) is 1.91. The van der Waals surface area contributed by atoms with E-state index >= 15 is 0 Å². The molecule has 0 aromatic carbocycles. The van der Waals surface area contributed by atoms with E-state index in [0.29, 0.717) is 6.54 Å². The summed E-state index contributed by atoms with van der Waals surface area (Å²) in [7, 11) is 3.31. The Morgan fingerprint density at radius 3 is 2.17 bits per heavy atom. The van der Waals surface area contributed by atoms with Gasteiger partial charge in [0.15, 0.2) is 6.29 Å². The lowest BCUT2D eigenvalue weighted by molar-refractivity contribution is -0.117. The third kappa shape index (κ3) is 6.66. The number of likely N-dealkylation sites (N-methyl/N-ethyl adjacent to an activating group) is 1. The lowest BCUT2D eigenvalue weighted by Gasteiger charge is -2.33. The Hall–Kier alpha value is -0.200. The second kappa shape index (κ2) is 9.69. The fourth-order valence-electron chi connectivity index (χ4n) is 1.91. The second-order valence-electron chi connectivity index (χ2n) is 4.82. The summed E-state index contributed by atoms with van der Waals surface area (Å²) in [5, 5.41) is 3.52. The van der Waals surface area contributed by atoms with Gasteiger partial charge in [-0.2, -0.15) is 0 Å². The van der Waals surface area contributed by atoms with Gasteiger partial charge in [-0.1, -0.05) is 13.8 Å². The van der Waals surface area contributed by atoms with E-state index in [1.54, 1.807) is 14.2 Å². The predicted octanol–water partition coefficient (Wildman–Crippen LogP) is 0.644. The zero-order valence-electron chi connectivity index (χ0n) is 12.7. The molecule has 110 valence electrons. The number of nitrogens with two attached hydrogens (primary N) is 1. The van der Waals surface area contributed by atoms with Crippen LogP contribution in [0.1, 0.15) is 27.2 Å². The van der Waals surface area contributed by atoms with Crippen molar-refractivity contribution in [1.82, 2.24) is 10.2 Å². The van der Waals surface area contributed by atoms with Crippen molar-refractivity contribution in [2.24, 2.45) is 5.73 Å². The molecule has 0 rings (SSSR count). The molecule has 1 atom stereocenters. The van der Waals surface area contributed by atoms with E-state index in [2.05, 4.69) is 31.0 Å². The van der Waals surface area contributed by atoms with Crippen molar-refractivity contribution in [3.63, 3.8) is 0 Å². The highest BCUT2D eigenvalue weighted by Gasteiger charge is 2.26. The van der Waals surface area contributed by atoms with Crippen LogP contribution >= 0.6 is 0 Å². The lowest BCUT2D eigenvalue weighted by atomic mass is 9.97. The van der Waals surface area contributed by atoms with Crippen molar-refractivity contribution >= 4 is 0 Å². The summed E-state index contributed by atoms with van der Waals surface area (Å²) in [5.74, 6) is 0. The summed E-state index contributed by atoms with van der Waals surface area (Å²) >= 11 is 0. The summed E-state index contributed by atoms with van der Waals surface area (Å²) in [4.78, 5) is 2.38. The van der Waals surface area contributed by atoms with Crippen molar-refractivity contribution in [2.75, 3.05) is 46.9 Å². The van der Waals surface area contributed by atoms with Gasteiger partial charge in [0.1, 0.15) is 0 Å². The third-order valence-electron chi connectivity index (χ3n) is 3.47. The highest BCUT2D eigenvalue weighted by Crippen LogP contribution is 2.13. The molecular formula is C13H31N3O2. The van der Waals surface area contributed by atoms with Crippen LogP contribution in [0.2, 0.25) is 0 Å². The Kier molecular flexibility index (Phi) is 9.59. The summed E-state index contributed by atoms with van der Waals surface area (Å²) < 4.78 is 10.5. The zero-order valence-corrected chi connectivity index (χ0v) is 12.7. The number of methoxy groups -OCH3 is 2. The first-order chi connectivity index (χ1) is 8.55. The summed E-state index contributed by atoms with van der Waals surface area (Å²) in [6.07, 6.45) is 0.536. The highest BCUT2D eigenvalue weighted by molar-refractivity contribution is 4.85. The molecule has 1 unspecified atom stereocenters. The maximum Gasteiger partial charge on any atom is 0.158 e. The van der Waals surface area contributed by atoms with Gasteiger partial charge in [0, 0.05) is 45.8 Å².